The Hall–Kier alpha value is -1.40. The molecule has 0 aromatic carbocycles. The Bertz CT molecular complexity index is 692. The number of aryl methyl sites for hydroxylation is 2. The molecule has 4 nitrogen and oxygen atoms in total. The van der Waals surface area contributed by atoms with E-state index in [4.69, 9.17) is 0 Å². The molecule has 128 valence electrons. The fourth-order valence-corrected chi connectivity index (χ4v) is 4.58. The maximum Gasteiger partial charge on any atom is 0.223 e. The van der Waals surface area contributed by atoms with Crippen LogP contribution in [0.1, 0.15) is 47.8 Å². The van der Waals surface area contributed by atoms with Gasteiger partial charge in [-0.1, -0.05) is 11.8 Å². The molecule has 6 heteroatoms. The largest absolute Gasteiger partial charge is 0.336 e. The van der Waals surface area contributed by atoms with E-state index in [1.807, 2.05) is 20.1 Å². The molecule has 1 fully saturated rings. The highest BCUT2D eigenvalue weighted by Crippen LogP contribution is 2.33. The third kappa shape index (κ3) is 3.64. The number of aromatic nitrogens is 2. The topological polar surface area (TPSA) is 46.1 Å². The first kappa shape index (κ1) is 17.4. The van der Waals surface area contributed by atoms with Gasteiger partial charge in [0.1, 0.15) is 0 Å². The standard InChI is InChI=1S/C18H23N3OS2/c1-12-15(13(2)20-18(19-12)23-3)6-7-17(22)21-9-4-5-16(21)14-8-10-24-11-14/h8,10-11,16H,4-7,9H2,1-3H3/t16-/m0/s1. The number of carbonyl (C=O) groups is 1. The van der Waals surface area contributed by atoms with E-state index in [-0.39, 0.29) is 11.9 Å². The highest BCUT2D eigenvalue weighted by atomic mass is 32.2. The van der Waals surface area contributed by atoms with Crippen LogP contribution in [0.25, 0.3) is 0 Å². The first-order chi connectivity index (χ1) is 11.6. The van der Waals surface area contributed by atoms with E-state index in [0.717, 1.165) is 47.9 Å². The average Bonchev–Trinajstić information content (AvgIpc) is 3.24. The summed E-state index contributed by atoms with van der Waals surface area (Å²) in [6.45, 7) is 4.90. The number of nitrogens with zero attached hydrogens (tertiary/aromatic N) is 3. The molecule has 0 spiro atoms. The van der Waals surface area contributed by atoms with Gasteiger partial charge in [0.15, 0.2) is 5.16 Å². The van der Waals surface area contributed by atoms with Crippen molar-refractivity contribution in [2.75, 3.05) is 12.8 Å². The average molecular weight is 362 g/mol. The van der Waals surface area contributed by atoms with Crippen molar-refractivity contribution in [2.24, 2.45) is 0 Å². The van der Waals surface area contributed by atoms with Gasteiger partial charge in [-0.2, -0.15) is 11.3 Å². The van der Waals surface area contributed by atoms with Crippen molar-refractivity contribution in [2.45, 2.75) is 50.7 Å². The maximum atomic E-state index is 12.8. The molecule has 0 radical (unpaired) electrons. The third-order valence-electron chi connectivity index (χ3n) is 4.67. The Morgan fingerprint density at radius 1 is 1.38 bits per heavy atom. The highest BCUT2D eigenvalue weighted by Gasteiger charge is 2.29. The molecule has 1 saturated heterocycles. The molecule has 3 rings (SSSR count). The van der Waals surface area contributed by atoms with Crippen LogP contribution in [0.3, 0.4) is 0 Å². The van der Waals surface area contributed by atoms with Crippen LogP contribution in [-0.2, 0) is 11.2 Å². The van der Waals surface area contributed by atoms with E-state index in [1.54, 1.807) is 23.1 Å². The highest BCUT2D eigenvalue weighted by molar-refractivity contribution is 7.98. The Labute approximate surface area is 151 Å². The lowest BCUT2D eigenvalue weighted by atomic mass is 10.0. The van der Waals surface area contributed by atoms with Crippen molar-refractivity contribution >= 4 is 29.0 Å². The summed E-state index contributed by atoms with van der Waals surface area (Å²) in [7, 11) is 0. The van der Waals surface area contributed by atoms with E-state index in [2.05, 4.69) is 31.7 Å². The van der Waals surface area contributed by atoms with Crippen molar-refractivity contribution in [3.8, 4) is 0 Å². The van der Waals surface area contributed by atoms with Gasteiger partial charge in [-0.15, -0.1) is 0 Å². The molecule has 0 N–H and O–H groups in total. The molecule has 1 amide bonds. The van der Waals surface area contributed by atoms with Crippen LogP contribution >= 0.6 is 23.1 Å². The molecule has 1 atom stereocenters. The molecule has 0 unspecified atom stereocenters. The van der Waals surface area contributed by atoms with Crippen molar-refractivity contribution in [3.05, 3.63) is 39.3 Å². The van der Waals surface area contributed by atoms with Gasteiger partial charge < -0.3 is 4.90 Å². The van der Waals surface area contributed by atoms with E-state index in [0.29, 0.717) is 6.42 Å². The minimum Gasteiger partial charge on any atom is -0.336 e. The van der Waals surface area contributed by atoms with Gasteiger partial charge in [-0.3, -0.25) is 4.79 Å². The first-order valence-electron chi connectivity index (χ1n) is 8.30. The molecule has 2 aromatic heterocycles. The zero-order valence-corrected chi connectivity index (χ0v) is 16.0. The van der Waals surface area contributed by atoms with Crippen molar-refractivity contribution in [3.63, 3.8) is 0 Å². The third-order valence-corrected chi connectivity index (χ3v) is 5.92. The van der Waals surface area contributed by atoms with Crippen molar-refractivity contribution < 1.29 is 4.79 Å². The monoisotopic (exact) mass is 361 g/mol. The Morgan fingerprint density at radius 2 is 2.12 bits per heavy atom. The van der Waals surface area contributed by atoms with E-state index >= 15 is 0 Å². The van der Waals surface area contributed by atoms with Gasteiger partial charge >= 0.3 is 0 Å². The van der Waals surface area contributed by atoms with E-state index < -0.39 is 0 Å². The minimum atomic E-state index is 0.247. The normalized spacial score (nSPS) is 17.5. The molecule has 0 aliphatic carbocycles. The molecular formula is C18H23N3OS2. The number of hydrogen-bond donors (Lipinski definition) is 0. The molecular weight excluding hydrogens is 338 g/mol. The lowest BCUT2D eigenvalue weighted by Crippen LogP contribution is -2.30. The summed E-state index contributed by atoms with van der Waals surface area (Å²) in [5.74, 6) is 0.247. The van der Waals surface area contributed by atoms with Crippen LogP contribution in [-0.4, -0.2) is 33.6 Å². The zero-order chi connectivity index (χ0) is 17.1. The van der Waals surface area contributed by atoms with Crippen LogP contribution in [0.5, 0.6) is 0 Å². The number of amides is 1. The molecule has 0 saturated carbocycles. The van der Waals surface area contributed by atoms with Gasteiger partial charge in [0.25, 0.3) is 0 Å². The number of hydrogen-bond acceptors (Lipinski definition) is 5. The Balaban J connectivity index is 1.67. The molecule has 2 aromatic rings. The second-order valence-corrected chi connectivity index (χ2v) is 7.71. The lowest BCUT2D eigenvalue weighted by molar-refractivity contribution is -0.132. The maximum absolute atomic E-state index is 12.8. The summed E-state index contributed by atoms with van der Waals surface area (Å²) in [5, 5.41) is 5.06. The Kier molecular flexibility index (Phi) is 5.56. The predicted octanol–water partition coefficient (Wildman–Crippen LogP) is 4.17. The fourth-order valence-electron chi connectivity index (χ4n) is 3.41. The van der Waals surface area contributed by atoms with Crippen molar-refractivity contribution in [1.82, 2.24) is 14.9 Å². The summed E-state index contributed by atoms with van der Waals surface area (Å²) >= 11 is 3.25. The van der Waals surface area contributed by atoms with Crippen LogP contribution in [0, 0.1) is 13.8 Å². The van der Waals surface area contributed by atoms with Gasteiger partial charge in [-0.25, -0.2) is 9.97 Å². The van der Waals surface area contributed by atoms with Crippen LogP contribution in [0.4, 0.5) is 0 Å². The second kappa shape index (κ2) is 7.66. The molecule has 24 heavy (non-hydrogen) atoms. The predicted molar refractivity (Wildman–Crippen MR) is 99.6 cm³/mol. The van der Waals surface area contributed by atoms with Gasteiger partial charge in [0, 0.05) is 24.4 Å². The lowest BCUT2D eigenvalue weighted by Gasteiger charge is -2.24. The van der Waals surface area contributed by atoms with E-state index in [9.17, 15) is 4.79 Å². The number of thiophene rings is 1. The van der Waals surface area contributed by atoms with Crippen LogP contribution in [0.15, 0.2) is 22.0 Å². The van der Waals surface area contributed by atoms with Crippen LogP contribution < -0.4 is 0 Å². The number of thioether (sulfide) groups is 1. The smallest absolute Gasteiger partial charge is 0.223 e. The second-order valence-electron chi connectivity index (χ2n) is 6.16. The molecule has 3 heterocycles. The van der Waals surface area contributed by atoms with Gasteiger partial charge in [0.2, 0.25) is 5.91 Å². The summed E-state index contributed by atoms with van der Waals surface area (Å²) in [5.41, 5.74) is 4.39. The summed E-state index contributed by atoms with van der Waals surface area (Å²) in [6, 6.07) is 2.41. The van der Waals surface area contributed by atoms with E-state index in [1.165, 1.54) is 5.56 Å². The molecule has 1 aliphatic heterocycles. The fraction of sp³-hybridized carbons (Fsp3) is 0.500. The summed E-state index contributed by atoms with van der Waals surface area (Å²) < 4.78 is 0. The summed E-state index contributed by atoms with van der Waals surface area (Å²) in [4.78, 5) is 23.8. The Morgan fingerprint density at radius 3 is 2.75 bits per heavy atom. The van der Waals surface area contributed by atoms with Crippen molar-refractivity contribution in [1.29, 1.82) is 0 Å². The zero-order valence-electron chi connectivity index (χ0n) is 14.4. The number of likely N-dealkylation sites (tertiary alicyclic amines) is 1. The molecule has 0 bridgehead atoms. The first-order valence-corrected chi connectivity index (χ1v) is 10.5. The minimum absolute atomic E-state index is 0.247. The van der Waals surface area contributed by atoms with Gasteiger partial charge in [-0.05, 0) is 67.3 Å². The number of rotatable bonds is 5. The molecule has 1 aliphatic rings. The van der Waals surface area contributed by atoms with Crippen LogP contribution in [0.2, 0.25) is 0 Å². The van der Waals surface area contributed by atoms with Gasteiger partial charge in [0.05, 0.1) is 6.04 Å². The number of carbonyl (C=O) groups excluding carboxylic acids is 1. The SMILES string of the molecule is CSc1nc(C)c(CCC(=O)N2CCC[C@H]2c2ccsc2)c(C)n1. The quantitative estimate of drug-likeness (QED) is 0.592. The summed E-state index contributed by atoms with van der Waals surface area (Å²) in [6.07, 6.45) is 5.40.